The van der Waals surface area contributed by atoms with E-state index >= 15 is 0 Å². The van der Waals surface area contributed by atoms with Crippen molar-refractivity contribution in [1.29, 1.82) is 0 Å². The van der Waals surface area contributed by atoms with Gasteiger partial charge in [-0.15, -0.1) is 10.2 Å². The number of aliphatic hydroxyl groups excluding tert-OH is 3. The quantitative estimate of drug-likeness (QED) is 0.177. The number of ether oxygens (including phenoxy) is 1. The molecular formula is C27H38N10O4. The number of imidazole rings is 1. The smallest absolute Gasteiger partial charge is 0.227 e. The van der Waals surface area contributed by atoms with Crippen molar-refractivity contribution in [1.82, 2.24) is 39.7 Å². The van der Waals surface area contributed by atoms with Gasteiger partial charge in [0, 0.05) is 6.54 Å². The fourth-order valence-corrected chi connectivity index (χ4v) is 4.70. The van der Waals surface area contributed by atoms with Crippen molar-refractivity contribution in [3.8, 4) is 0 Å². The molecule has 0 spiro atoms. The number of hydrogen-bond donors (Lipinski definition) is 5. The summed E-state index contributed by atoms with van der Waals surface area (Å²) in [5.74, 6) is 0.970. The zero-order chi connectivity index (χ0) is 29.1. The van der Waals surface area contributed by atoms with E-state index in [2.05, 4.69) is 51.8 Å². The molecule has 1 fully saturated rings. The minimum absolute atomic E-state index is 0.109. The molecule has 5 N–H and O–H groups in total. The van der Waals surface area contributed by atoms with Gasteiger partial charge in [0.1, 0.15) is 12.2 Å². The van der Waals surface area contributed by atoms with Crippen LogP contribution in [0.3, 0.4) is 0 Å². The fraction of sp³-hybridized carbons (Fsp3) is 0.556. The molecule has 14 nitrogen and oxygen atoms in total. The van der Waals surface area contributed by atoms with Crippen LogP contribution in [0.2, 0.25) is 0 Å². The van der Waals surface area contributed by atoms with Gasteiger partial charge in [-0.3, -0.25) is 4.57 Å². The Balaban J connectivity index is 1.47. The van der Waals surface area contributed by atoms with Crippen LogP contribution in [0.1, 0.15) is 57.8 Å². The van der Waals surface area contributed by atoms with Gasteiger partial charge in [0.25, 0.3) is 0 Å². The number of tetrazole rings is 1. The SMILES string of the molecule is CCn1nnc([C@H]2O[C@@H](n3cnc4c(NCCC(C)(C)C)nc(N[C@H](CO)Cc5ccccc5)nc43)[C@H](O)[C@@H]2O)n1. The van der Waals surface area contributed by atoms with Crippen LogP contribution >= 0.6 is 0 Å². The van der Waals surface area contributed by atoms with Gasteiger partial charge in [-0.05, 0) is 36.0 Å². The number of nitrogens with zero attached hydrogens (tertiary/aromatic N) is 8. The molecule has 41 heavy (non-hydrogen) atoms. The maximum atomic E-state index is 11.0. The number of benzene rings is 1. The first-order chi connectivity index (χ1) is 19.7. The van der Waals surface area contributed by atoms with E-state index in [0.717, 1.165) is 12.0 Å². The van der Waals surface area contributed by atoms with Gasteiger partial charge in [-0.2, -0.15) is 14.8 Å². The summed E-state index contributed by atoms with van der Waals surface area (Å²) in [6.45, 7) is 9.38. The number of aryl methyl sites for hydroxylation is 1. The second kappa shape index (κ2) is 12.0. The van der Waals surface area contributed by atoms with E-state index in [1.165, 1.54) is 11.1 Å². The van der Waals surface area contributed by atoms with Gasteiger partial charge >= 0.3 is 0 Å². The molecular weight excluding hydrogens is 528 g/mol. The molecule has 1 aromatic carbocycles. The summed E-state index contributed by atoms with van der Waals surface area (Å²) in [6, 6.07) is 9.50. The highest BCUT2D eigenvalue weighted by molar-refractivity contribution is 5.84. The molecule has 14 heteroatoms. The number of fused-ring (bicyclic) bond motifs is 1. The summed E-state index contributed by atoms with van der Waals surface area (Å²) >= 11 is 0. The number of anilines is 2. The van der Waals surface area contributed by atoms with Crippen LogP contribution in [0.25, 0.3) is 11.2 Å². The van der Waals surface area contributed by atoms with Crippen molar-refractivity contribution >= 4 is 22.9 Å². The predicted molar refractivity (Wildman–Crippen MR) is 151 cm³/mol. The van der Waals surface area contributed by atoms with E-state index < -0.39 is 24.5 Å². The molecule has 220 valence electrons. The third-order valence-corrected chi connectivity index (χ3v) is 6.99. The van der Waals surface area contributed by atoms with Crippen LogP contribution in [0.4, 0.5) is 11.8 Å². The number of nitrogens with one attached hydrogen (secondary N) is 2. The molecule has 5 rings (SSSR count). The van der Waals surface area contributed by atoms with Gasteiger partial charge in [0.2, 0.25) is 11.8 Å². The molecule has 0 saturated carbocycles. The van der Waals surface area contributed by atoms with E-state index in [9.17, 15) is 15.3 Å². The first kappa shape index (κ1) is 28.8. The Kier molecular flexibility index (Phi) is 8.45. The van der Waals surface area contributed by atoms with Gasteiger partial charge in [0.05, 0.1) is 25.5 Å². The minimum atomic E-state index is -1.31. The van der Waals surface area contributed by atoms with E-state index in [1.54, 1.807) is 4.57 Å². The molecule has 0 amide bonds. The summed E-state index contributed by atoms with van der Waals surface area (Å²) in [4.78, 5) is 15.3. The number of rotatable bonds is 11. The number of aromatic nitrogens is 8. The minimum Gasteiger partial charge on any atom is -0.394 e. The van der Waals surface area contributed by atoms with Gasteiger partial charge in [-0.25, -0.2) is 4.98 Å². The van der Waals surface area contributed by atoms with Crippen LogP contribution in [-0.4, -0.2) is 86.4 Å². The van der Waals surface area contributed by atoms with Crippen LogP contribution in [0, 0.1) is 5.41 Å². The van der Waals surface area contributed by atoms with Crippen molar-refractivity contribution in [2.45, 2.75) is 77.7 Å². The maximum Gasteiger partial charge on any atom is 0.227 e. The van der Waals surface area contributed by atoms with Crippen molar-refractivity contribution in [2.75, 3.05) is 23.8 Å². The monoisotopic (exact) mass is 566 g/mol. The zero-order valence-corrected chi connectivity index (χ0v) is 23.7. The molecule has 0 aliphatic carbocycles. The third-order valence-electron chi connectivity index (χ3n) is 6.99. The van der Waals surface area contributed by atoms with Gasteiger partial charge in [0.15, 0.2) is 29.3 Å². The Bertz CT molecular complexity index is 1440. The lowest BCUT2D eigenvalue weighted by Crippen LogP contribution is -2.29. The standard InChI is InChI=1S/C27H38N10O4/c1-5-37-34-23(33-35-37)21-19(39)20(40)25(41-21)36-15-29-18-22(28-12-11-27(2,3)4)31-26(32-24(18)36)30-17(14-38)13-16-9-7-6-8-10-16/h6-10,15,17,19-21,25,38-40H,5,11-14H2,1-4H3,(H2,28,30,31,32)/t17-,19-,20+,21-,25+/m0/s1. The second-order valence-corrected chi connectivity index (χ2v) is 11.4. The van der Waals surface area contributed by atoms with Crippen molar-refractivity contribution in [3.05, 3.63) is 48.0 Å². The van der Waals surface area contributed by atoms with Crippen LogP contribution in [0.5, 0.6) is 0 Å². The van der Waals surface area contributed by atoms with Crippen molar-refractivity contribution in [3.63, 3.8) is 0 Å². The molecule has 4 aromatic rings. The van der Waals surface area contributed by atoms with E-state index in [0.29, 0.717) is 36.5 Å². The lowest BCUT2D eigenvalue weighted by molar-refractivity contribution is -0.0384. The summed E-state index contributed by atoms with van der Waals surface area (Å²) < 4.78 is 7.64. The highest BCUT2D eigenvalue weighted by atomic mass is 16.6. The molecule has 1 aliphatic rings. The average Bonchev–Trinajstić information content (AvgIpc) is 3.66. The predicted octanol–water partition coefficient (Wildman–Crippen LogP) is 1.69. The number of hydrogen-bond acceptors (Lipinski definition) is 12. The van der Waals surface area contributed by atoms with Crippen LogP contribution in [0.15, 0.2) is 36.7 Å². The zero-order valence-electron chi connectivity index (χ0n) is 23.7. The second-order valence-electron chi connectivity index (χ2n) is 11.4. The van der Waals surface area contributed by atoms with Gasteiger partial charge < -0.3 is 30.7 Å². The highest BCUT2D eigenvalue weighted by Gasteiger charge is 2.47. The normalized spacial score (nSPS) is 21.8. The molecule has 0 radical (unpaired) electrons. The van der Waals surface area contributed by atoms with E-state index in [1.807, 2.05) is 37.3 Å². The summed E-state index contributed by atoms with van der Waals surface area (Å²) in [5.41, 5.74) is 2.04. The largest absolute Gasteiger partial charge is 0.394 e. The first-order valence-electron chi connectivity index (χ1n) is 13.9. The topological polar surface area (TPSA) is 181 Å². The Morgan fingerprint density at radius 3 is 2.56 bits per heavy atom. The van der Waals surface area contributed by atoms with E-state index in [4.69, 9.17) is 14.7 Å². The molecule has 0 unspecified atom stereocenters. The lowest BCUT2D eigenvalue weighted by atomic mass is 9.92. The van der Waals surface area contributed by atoms with Crippen LogP contribution < -0.4 is 10.6 Å². The molecule has 0 bridgehead atoms. The number of aliphatic hydroxyl groups is 3. The van der Waals surface area contributed by atoms with Crippen molar-refractivity contribution < 1.29 is 20.1 Å². The Morgan fingerprint density at radius 2 is 1.88 bits per heavy atom. The summed E-state index contributed by atoms with van der Waals surface area (Å²) in [6.07, 6.45) is -1.64. The molecule has 1 aliphatic heterocycles. The van der Waals surface area contributed by atoms with Crippen molar-refractivity contribution in [2.24, 2.45) is 5.41 Å². The fourth-order valence-electron chi connectivity index (χ4n) is 4.70. The Labute approximate surface area is 237 Å². The van der Waals surface area contributed by atoms with Crippen LogP contribution in [-0.2, 0) is 17.7 Å². The Morgan fingerprint density at radius 1 is 1.10 bits per heavy atom. The summed E-state index contributed by atoms with van der Waals surface area (Å²) in [7, 11) is 0. The molecule has 5 atom stereocenters. The third kappa shape index (κ3) is 6.45. The van der Waals surface area contributed by atoms with Gasteiger partial charge in [-0.1, -0.05) is 51.1 Å². The average molecular weight is 567 g/mol. The lowest BCUT2D eigenvalue weighted by Gasteiger charge is -2.20. The summed E-state index contributed by atoms with van der Waals surface area (Å²) in [5, 5.41) is 50.7. The molecule has 1 saturated heterocycles. The maximum absolute atomic E-state index is 11.0. The Hall–Kier alpha value is -3.72. The van der Waals surface area contributed by atoms with E-state index in [-0.39, 0.29) is 29.8 Å². The molecule has 3 aromatic heterocycles. The highest BCUT2D eigenvalue weighted by Crippen LogP contribution is 2.39. The first-order valence-corrected chi connectivity index (χ1v) is 13.9. The molecule has 4 heterocycles.